The van der Waals surface area contributed by atoms with Crippen LogP contribution in [0.3, 0.4) is 0 Å². The standard InChI is InChI=1S/C13H25NO3/c1-11(2)14(8-5-7-13(15)16)10-12-6-3-4-9-17-12/h11-12H,3-10H2,1-2H3,(H,15,16). The van der Waals surface area contributed by atoms with E-state index >= 15 is 0 Å². The topological polar surface area (TPSA) is 49.8 Å². The molecule has 0 aliphatic carbocycles. The molecule has 1 fully saturated rings. The molecule has 0 amide bonds. The van der Waals surface area contributed by atoms with Gasteiger partial charge in [-0.2, -0.15) is 0 Å². The van der Waals surface area contributed by atoms with Gasteiger partial charge in [-0.05, 0) is 46.1 Å². The molecule has 1 saturated heterocycles. The van der Waals surface area contributed by atoms with Gasteiger partial charge in [0.15, 0.2) is 0 Å². The summed E-state index contributed by atoms with van der Waals surface area (Å²) in [5, 5.41) is 8.64. The number of rotatable bonds is 7. The molecule has 0 bridgehead atoms. The van der Waals surface area contributed by atoms with Crippen molar-refractivity contribution in [3.8, 4) is 0 Å². The van der Waals surface area contributed by atoms with Crippen molar-refractivity contribution < 1.29 is 14.6 Å². The van der Waals surface area contributed by atoms with E-state index in [1.54, 1.807) is 0 Å². The number of carboxylic acid groups (broad SMARTS) is 1. The molecule has 1 aliphatic heterocycles. The van der Waals surface area contributed by atoms with Gasteiger partial charge in [0.05, 0.1) is 6.10 Å². The Bertz CT molecular complexity index is 225. The average molecular weight is 243 g/mol. The third kappa shape index (κ3) is 6.03. The molecule has 1 rings (SSSR count). The van der Waals surface area contributed by atoms with Crippen molar-refractivity contribution in [3.63, 3.8) is 0 Å². The van der Waals surface area contributed by atoms with Gasteiger partial charge < -0.3 is 9.84 Å². The molecule has 0 aromatic rings. The van der Waals surface area contributed by atoms with E-state index < -0.39 is 5.97 Å². The van der Waals surface area contributed by atoms with Crippen molar-refractivity contribution in [2.45, 2.75) is 58.1 Å². The van der Waals surface area contributed by atoms with Crippen LogP contribution < -0.4 is 0 Å². The van der Waals surface area contributed by atoms with Crippen LogP contribution in [-0.4, -0.2) is 47.8 Å². The lowest BCUT2D eigenvalue weighted by atomic mass is 10.1. The minimum absolute atomic E-state index is 0.259. The Morgan fingerprint density at radius 2 is 2.24 bits per heavy atom. The molecule has 1 aliphatic rings. The maximum atomic E-state index is 10.5. The van der Waals surface area contributed by atoms with E-state index in [-0.39, 0.29) is 6.42 Å². The highest BCUT2D eigenvalue weighted by Gasteiger charge is 2.19. The highest BCUT2D eigenvalue weighted by atomic mass is 16.5. The summed E-state index contributed by atoms with van der Waals surface area (Å²) in [6, 6.07) is 0.453. The molecule has 4 heteroatoms. The van der Waals surface area contributed by atoms with Crippen molar-refractivity contribution in [3.05, 3.63) is 0 Å². The molecule has 1 unspecified atom stereocenters. The minimum atomic E-state index is -0.706. The van der Waals surface area contributed by atoms with Crippen LogP contribution in [0.1, 0.15) is 46.0 Å². The van der Waals surface area contributed by atoms with Gasteiger partial charge >= 0.3 is 5.97 Å². The molecule has 100 valence electrons. The van der Waals surface area contributed by atoms with Gasteiger partial charge in [0.25, 0.3) is 0 Å². The Labute approximate surface area is 104 Å². The zero-order valence-corrected chi connectivity index (χ0v) is 11.0. The summed E-state index contributed by atoms with van der Waals surface area (Å²) in [4.78, 5) is 12.8. The lowest BCUT2D eigenvalue weighted by molar-refractivity contribution is -0.137. The molecule has 4 nitrogen and oxygen atoms in total. The van der Waals surface area contributed by atoms with E-state index in [2.05, 4.69) is 18.7 Å². The highest BCUT2D eigenvalue weighted by molar-refractivity contribution is 5.66. The highest BCUT2D eigenvalue weighted by Crippen LogP contribution is 2.15. The van der Waals surface area contributed by atoms with Gasteiger partial charge in [-0.15, -0.1) is 0 Å². The van der Waals surface area contributed by atoms with Crippen LogP contribution in [0, 0.1) is 0 Å². The second-order valence-electron chi connectivity index (χ2n) is 5.07. The lowest BCUT2D eigenvalue weighted by Crippen LogP contribution is -2.40. The zero-order valence-electron chi connectivity index (χ0n) is 11.0. The first kappa shape index (κ1) is 14.5. The molecule has 0 spiro atoms. The fourth-order valence-electron chi connectivity index (χ4n) is 2.21. The van der Waals surface area contributed by atoms with Gasteiger partial charge in [0.2, 0.25) is 0 Å². The number of ether oxygens (including phenoxy) is 1. The maximum absolute atomic E-state index is 10.5. The summed E-state index contributed by atoms with van der Waals surface area (Å²) < 4.78 is 5.73. The van der Waals surface area contributed by atoms with Crippen LogP contribution in [0.2, 0.25) is 0 Å². The number of hydrogen-bond donors (Lipinski definition) is 1. The molecule has 1 heterocycles. The second-order valence-corrected chi connectivity index (χ2v) is 5.07. The van der Waals surface area contributed by atoms with E-state index in [0.717, 1.165) is 32.5 Å². The summed E-state index contributed by atoms with van der Waals surface area (Å²) in [5.74, 6) is -0.706. The maximum Gasteiger partial charge on any atom is 0.303 e. The van der Waals surface area contributed by atoms with E-state index in [1.807, 2.05) is 0 Å². The summed E-state index contributed by atoms with van der Waals surface area (Å²) >= 11 is 0. The normalized spacial score (nSPS) is 21.1. The number of hydrogen-bond acceptors (Lipinski definition) is 3. The summed E-state index contributed by atoms with van der Waals surface area (Å²) in [6.45, 7) is 6.99. The lowest BCUT2D eigenvalue weighted by Gasteiger charge is -2.32. The average Bonchev–Trinajstić information content (AvgIpc) is 2.28. The fourth-order valence-corrected chi connectivity index (χ4v) is 2.21. The van der Waals surface area contributed by atoms with Crippen molar-refractivity contribution >= 4 is 5.97 Å². The van der Waals surface area contributed by atoms with Crippen molar-refractivity contribution in [1.29, 1.82) is 0 Å². The number of carboxylic acids is 1. The molecule has 17 heavy (non-hydrogen) atoms. The molecule has 0 aromatic heterocycles. The fraction of sp³-hybridized carbons (Fsp3) is 0.923. The van der Waals surface area contributed by atoms with Crippen LogP contribution >= 0.6 is 0 Å². The van der Waals surface area contributed by atoms with Crippen LogP contribution in [-0.2, 0) is 9.53 Å². The molecule has 0 radical (unpaired) electrons. The SMILES string of the molecule is CC(C)N(CCCC(=O)O)CC1CCCCO1. The van der Waals surface area contributed by atoms with Gasteiger partial charge in [0.1, 0.15) is 0 Å². The first-order chi connectivity index (χ1) is 8.09. The summed E-state index contributed by atoms with van der Waals surface area (Å²) in [6.07, 6.45) is 4.90. The van der Waals surface area contributed by atoms with Gasteiger partial charge in [-0.3, -0.25) is 9.69 Å². The zero-order chi connectivity index (χ0) is 12.7. The van der Waals surface area contributed by atoms with Crippen molar-refractivity contribution in [2.75, 3.05) is 19.7 Å². The Morgan fingerprint density at radius 3 is 2.76 bits per heavy atom. The van der Waals surface area contributed by atoms with Gasteiger partial charge in [0, 0.05) is 25.6 Å². The van der Waals surface area contributed by atoms with E-state index in [9.17, 15) is 4.79 Å². The van der Waals surface area contributed by atoms with E-state index in [0.29, 0.717) is 12.1 Å². The first-order valence-corrected chi connectivity index (χ1v) is 6.67. The largest absolute Gasteiger partial charge is 0.481 e. The van der Waals surface area contributed by atoms with Crippen LogP contribution in [0.25, 0.3) is 0 Å². The molecule has 1 N–H and O–H groups in total. The Kier molecular flexibility index (Phi) is 6.52. The van der Waals surface area contributed by atoms with E-state index in [1.165, 1.54) is 12.8 Å². The Hall–Kier alpha value is -0.610. The van der Waals surface area contributed by atoms with Gasteiger partial charge in [-0.25, -0.2) is 0 Å². The smallest absolute Gasteiger partial charge is 0.303 e. The second kappa shape index (κ2) is 7.67. The monoisotopic (exact) mass is 243 g/mol. The molecule has 0 saturated carbocycles. The summed E-state index contributed by atoms with van der Waals surface area (Å²) in [7, 11) is 0. The third-order valence-corrected chi connectivity index (χ3v) is 3.28. The predicted molar refractivity (Wildman–Crippen MR) is 67.2 cm³/mol. The Balaban J connectivity index is 2.28. The van der Waals surface area contributed by atoms with Crippen LogP contribution in [0.4, 0.5) is 0 Å². The molecule has 1 atom stereocenters. The number of aliphatic carboxylic acids is 1. The predicted octanol–water partition coefficient (Wildman–Crippen LogP) is 2.13. The molecular weight excluding hydrogens is 218 g/mol. The van der Waals surface area contributed by atoms with Gasteiger partial charge in [-0.1, -0.05) is 0 Å². The van der Waals surface area contributed by atoms with Crippen LogP contribution in [0.15, 0.2) is 0 Å². The third-order valence-electron chi connectivity index (χ3n) is 3.28. The molecule has 0 aromatic carbocycles. The van der Waals surface area contributed by atoms with Crippen molar-refractivity contribution in [2.24, 2.45) is 0 Å². The summed E-state index contributed by atoms with van der Waals surface area (Å²) in [5.41, 5.74) is 0. The molecular formula is C13H25NO3. The van der Waals surface area contributed by atoms with Crippen molar-refractivity contribution in [1.82, 2.24) is 4.90 Å². The van der Waals surface area contributed by atoms with E-state index in [4.69, 9.17) is 9.84 Å². The minimum Gasteiger partial charge on any atom is -0.481 e. The van der Waals surface area contributed by atoms with Crippen LogP contribution in [0.5, 0.6) is 0 Å². The number of nitrogens with zero attached hydrogens (tertiary/aromatic N) is 1. The first-order valence-electron chi connectivity index (χ1n) is 6.67. The Morgan fingerprint density at radius 1 is 1.47 bits per heavy atom. The quantitative estimate of drug-likeness (QED) is 0.744. The number of carbonyl (C=O) groups is 1.